The van der Waals surface area contributed by atoms with E-state index >= 15 is 0 Å². The van der Waals surface area contributed by atoms with Gasteiger partial charge in [-0.05, 0) is 65.2 Å². The van der Waals surface area contributed by atoms with E-state index in [0.29, 0.717) is 23.4 Å². The minimum atomic E-state index is -5.08. The van der Waals surface area contributed by atoms with Crippen LogP contribution in [0.15, 0.2) is 72.8 Å². The van der Waals surface area contributed by atoms with Crippen LogP contribution in [0.2, 0.25) is 0 Å². The van der Waals surface area contributed by atoms with Crippen LogP contribution in [0.1, 0.15) is 40.1 Å². The van der Waals surface area contributed by atoms with Crippen molar-refractivity contribution >= 4 is 50.2 Å². The summed E-state index contributed by atoms with van der Waals surface area (Å²) in [5.41, 5.74) is 6.96. The Morgan fingerprint density at radius 3 is 2.06 bits per heavy atom. The summed E-state index contributed by atoms with van der Waals surface area (Å²) in [5, 5.41) is 29.3. The molecule has 0 unspecified atom stereocenters. The van der Waals surface area contributed by atoms with Gasteiger partial charge in [-0.1, -0.05) is 38.1 Å². The van der Waals surface area contributed by atoms with Crippen LogP contribution in [0.5, 0.6) is 11.5 Å². The van der Waals surface area contributed by atoms with E-state index in [4.69, 9.17) is 25.8 Å². The molecule has 16 heteroatoms. The van der Waals surface area contributed by atoms with Crippen LogP contribution in [-0.4, -0.2) is 61.3 Å². The summed E-state index contributed by atoms with van der Waals surface area (Å²) in [6.07, 6.45) is -4.07. The molecule has 0 aromatic heterocycles. The number of anilines is 1. The van der Waals surface area contributed by atoms with Gasteiger partial charge in [0.1, 0.15) is 17.3 Å². The van der Waals surface area contributed by atoms with Gasteiger partial charge in [0, 0.05) is 34.5 Å². The van der Waals surface area contributed by atoms with Crippen molar-refractivity contribution < 1.29 is 50.9 Å². The summed E-state index contributed by atoms with van der Waals surface area (Å²) in [6.45, 7) is 4.33. The zero-order valence-corrected chi connectivity index (χ0v) is 26.5. The van der Waals surface area contributed by atoms with Crippen LogP contribution in [0.4, 0.5) is 18.9 Å². The monoisotopic (exact) mass is 688 g/mol. The Kier molecular flexibility index (Phi) is 11.4. The Balaban J connectivity index is 0.000000804. The molecule has 0 aliphatic heterocycles. The number of benzene rings is 4. The molecule has 4 aromatic rings. The first-order valence-electron chi connectivity index (χ1n) is 13.9. The van der Waals surface area contributed by atoms with Gasteiger partial charge >= 0.3 is 18.1 Å². The highest BCUT2D eigenvalue weighted by Crippen LogP contribution is 2.38. The lowest BCUT2D eigenvalue weighted by Crippen LogP contribution is -2.27. The molecule has 0 spiro atoms. The maximum Gasteiger partial charge on any atom is 0.490 e. The fraction of sp³-hybridized carbons (Fsp3) is 0.188. The van der Waals surface area contributed by atoms with Crippen LogP contribution >= 0.6 is 0 Å². The average molecular weight is 689 g/mol. The molecule has 0 fully saturated rings. The SMILES string of the molecule is CC(C)CNC(=O)c1ccc(-c2cc(NS(C)(=O)=O)ccc2Oc2ccc3cc(C(=N)N)ccc3c2)c(C(=O)O)c1.O=C(O)C(F)(F)F. The molecule has 254 valence electrons. The number of amidine groups is 1. The van der Waals surface area contributed by atoms with E-state index in [0.717, 1.165) is 17.0 Å². The minimum Gasteiger partial charge on any atom is -0.478 e. The molecule has 0 radical (unpaired) electrons. The molecule has 0 heterocycles. The first-order chi connectivity index (χ1) is 22.2. The topological polar surface area (TPSA) is 209 Å². The predicted molar refractivity (Wildman–Crippen MR) is 173 cm³/mol. The summed E-state index contributed by atoms with van der Waals surface area (Å²) in [4.78, 5) is 33.9. The molecule has 12 nitrogen and oxygen atoms in total. The fourth-order valence-electron chi connectivity index (χ4n) is 4.19. The Bertz CT molecular complexity index is 2000. The molecule has 0 aliphatic carbocycles. The van der Waals surface area contributed by atoms with Gasteiger partial charge in [0.15, 0.2) is 0 Å². The van der Waals surface area contributed by atoms with Crippen molar-refractivity contribution in [3.63, 3.8) is 0 Å². The van der Waals surface area contributed by atoms with Gasteiger partial charge in [-0.25, -0.2) is 18.0 Å². The summed E-state index contributed by atoms with van der Waals surface area (Å²) in [6, 6.07) is 19.5. The van der Waals surface area contributed by atoms with Crippen LogP contribution in [0.25, 0.3) is 21.9 Å². The van der Waals surface area contributed by atoms with Gasteiger partial charge in [-0.2, -0.15) is 13.2 Å². The highest BCUT2D eigenvalue weighted by molar-refractivity contribution is 7.92. The zero-order valence-electron chi connectivity index (χ0n) is 25.7. The number of hydrogen-bond donors (Lipinski definition) is 6. The van der Waals surface area contributed by atoms with Crippen molar-refractivity contribution in [1.29, 1.82) is 5.41 Å². The number of halogens is 3. The largest absolute Gasteiger partial charge is 0.490 e. The minimum absolute atomic E-state index is 0.0442. The first kappa shape index (κ1) is 36.8. The van der Waals surface area contributed by atoms with E-state index in [1.807, 2.05) is 26.0 Å². The molecule has 48 heavy (non-hydrogen) atoms. The lowest BCUT2D eigenvalue weighted by Gasteiger charge is -2.17. The third kappa shape index (κ3) is 10.2. The lowest BCUT2D eigenvalue weighted by molar-refractivity contribution is -0.192. The summed E-state index contributed by atoms with van der Waals surface area (Å²) in [5.74, 6) is -3.54. The molecular formula is C32H31F3N4O8S. The highest BCUT2D eigenvalue weighted by Gasteiger charge is 2.38. The van der Waals surface area contributed by atoms with Gasteiger partial charge < -0.3 is 26.0 Å². The van der Waals surface area contributed by atoms with E-state index < -0.39 is 34.0 Å². The Morgan fingerprint density at radius 2 is 1.50 bits per heavy atom. The smallest absolute Gasteiger partial charge is 0.478 e. The fourth-order valence-corrected chi connectivity index (χ4v) is 4.74. The van der Waals surface area contributed by atoms with E-state index in [-0.39, 0.29) is 39.9 Å². The molecule has 0 aliphatic rings. The van der Waals surface area contributed by atoms with Crippen LogP contribution in [-0.2, 0) is 14.8 Å². The normalized spacial score (nSPS) is 11.3. The molecule has 0 atom stereocenters. The second kappa shape index (κ2) is 14.8. The maximum atomic E-state index is 12.6. The number of aromatic carboxylic acids is 1. The van der Waals surface area contributed by atoms with Gasteiger partial charge in [0.05, 0.1) is 11.8 Å². The lowest BCUT2D eigenvalue weighted by atomic mass is 9.96. The van der Waals surface area contributed by atoms with Crippen molar-refractivity contribution in [3.05, 3.63) is 89.5 Å². The number of fused-ring (bicyclic) bond motifs is 1. The zero-order chi connectivity index (χ0) is 36.0. The molecule has 0 bridgehead atoms. The van der Waals surface area contributed by atoms with Gasteiger partial charge in [-0.15, -0.1) is 0 Å². The number of carboxylic acids is 2. The third-order valence-electron chi connectivity index (χ3n) is 6.35. The van der Waals surface area contributed by atoms with Crippen molar-refractivity contribution in [2.45, 2.75) is 20.0 Å². The van der Waals surface area contributed by atoms with E-state index in [9.17, 15) is 36.3 Å². The standard InChI is InChI=1S/C30H30N4O6S.C2HF3O2/c1-17(2)16-33-29(35)21-7-10-24(26(14-21)30(36)37)25-15-22(34-41(3,38)39)8-11-27(25)40-23-9-6-18-12-20(28(31)32)5-4-19(18)13-23;3-2(4,5)1(6)7/h4-15,17,34H,16H2,1-3H3,(H3,31,32)(H,33,35)(H,36,37);(H,6,7). The number of amides is 1. The molecular weight excluding hydrogens is 657 g/mol. The number of nitrogen functional groups attached to an aromatic ring is 1. The number of rotatable bonds is 10. The van der Waals surface area contributed by atoms with Gasteiger partial charge in [0.2, 0.25) is 10.0 Å². The van der Waals surface area contributed by atoms with Crippen LogP contribution < -0.4 is 20.5 Å². The number of nitrogens with one attached hydrogen (secondary N) is 3. The summed E-state index contributed by atoms with van der Waals surface area (Å²) < 4.78 is 64.2. The Hall–Kier alpha value is -5.64. The predicted octanol–water partition coefficient (Wildman–Crippen LogP) is 5.67. The first-order valence-corrected chi connectivity index (χ1v) is 15.8. The summed E-state index contributed by atoms with van der Waals surface area (Å²) in [7, 11) is -3.62. The molecule has 0 saturated carbocycles. The molecule has 4 rings (SSSR count). The summed E-state index contributed by atoms with van der Waals surface area (Å²) >= 11 is 0. The molecule has 7 N–H and O–H groups in total. The van der Waals surface area contributed by atoms with E-state index in [1.54, 1.807) is 30.3 Å². The second-order valence-corrected chi connectivity index (χ2v) is 12.5. The number of carbonyl (C=O) groups excluding carboxylic acids is 1. The number of nitrogens with two attached hydrogens (primary N) is 1. The highest BCUT2D eigenvalue weighted by atomic mass is 32.2. The van der Waals surface area contributed by atoms with Crippen LogP contribution in [0.3, 0.4) is 0 Å². The van der Waals surface area contributed by atoms with E-state index in [1.165, 1.54) is 30.3 Å². The number of hydrogen-bond acceptors (Lipinski definition) is 7. The van der Waals surface area contributed by atoms with Crippen LogP contribution in [0, 0.1) is 11.3 Å². The molecule has 1 amide bonds. The van der Waals surface area contributed by atoms with Gasteiger partial charge in [-0.3, -0.25) is 14.9 Å². The molecule has 0 saturated heterocycles. The van der Waals surface area contributed by atoms with Crippen molar-refractivity contribution in [2.24, 2.45) is 11.7 Å². The van der Waals surface area contributed by atoms with E-state index in [2.05, 4.69) is 10.0 Å². The van der Waals surface area contributed by atoms with Crippen molar-refractivity contribution in [2.75, 3.05) is 17.5 Å². The number of alkyl halides is 3. The molecule has 4 aromatic carbocycles. The Labute approximate surface area is 272 Å². The number of carboxylic acid groups (broad SMARTS) is 2. The number of carbonyl (C=O) groups is 3. The van der Waals surface area contributed by atoms with Gasteiger partial charge in [0.25, 0.3) is 5.91 Å². The van der Waals surface area contributed by atoms with Crippen molar-refractivity contribution in [1.82, 2.24) is 5.32 Å². The second-order valence-electron chi connectivity index (χ2n) is 10.8. The van der Waals surface area contributed by atoms with Crippen molar-refractivity contribution in [3.8, 4) is 22.6 Å². The number of aliphatic carboxylic acids is 1. The third-order valence-corrected chi connectivity index (χ3v) is 6.96. The quantitative estimate of drug-likeness (QED) is 0.0894. The average Bonchev–Trinajstić information content (AvgIpc) is 2.99. The number of ether oxygens (including phenoxy) is 1. The maximum absolute atomic E-state index is 12.6. The number of sulfonamides is 1. The Morgan fingerprint density at radius 1 is 0.896 bits per heavy atom.